The van der Waals surface area contributed by atoms with Crippen LogP contribution < -0.4 is 5.73 Å². The van der Waals surface area contributed by atoms with Gasteiger partial charge in [0.15, 0.2) is 5.82 Å². The van der Waals surface area contributed by atoms with Crippen LogP contribution in [0, 0.1) is 0 Å². The van der Waals surface area contributed by atoms with Crippen molar-refractivity contribution in [3.05, 3.63) is 46.0 Å². The molecule has 0 aliphatic heterocycles. The molecule has 1 atom stereocenters. The van der Waals surface area contributed by atoms with Crippen molar-refractivity contribution in [2.75, 3.05) is 6.61 Å². The Bertz CT molecular complexity index is 516. The molecule has 0 fully saturated rings. The average molecular weight is 312 g/mol. The van der Waals surface area contributed by atoms with Crippen LogP contribution in [0.5, 0.6) is 0 Å². The lowest BCUT2D eigenvalue weighted by Crippen LogP contribution is -2.12. The summed E-state index contributed by atoms with van der Waals surface area (Å²) in [4.78, 5) is 4.23. The summed E-state index contributed by atoms with van der Waals surface area (Å²) in [6, 6.07) is 7.46. The summed E-state index contributed by atoms with van der Waals surface area (Å²) in [5, 5.41) is 12.7. The third-order valence-corrected chi connectivity index (χ3v) is 3.32. The van der Waals surface area contributed by atoms with E-state index in [0.29, 0.717) is 24.6 Å². The van der Waals surface area contributed by atoms with E-state index in [9.17, 15) is 0 Å². The Morgan fingerprint density at radius 3 is 2.89 bits per heavy atom. The number of benzene rings is 1. The fourth-order valence-electron chi connectivity index (χ4n) is 1.56. The van der Waals surface area contributed by atoms with Crippen molar-refractivity contribution in [3.8, 4) is 0 Å². The normalized spacial score (nSPS) is 12.6. The van der Waals surface area contributed by atoms with Gasteiger partial charge in [0.2, 0.25) is 5.89 Å². The van der Waals surface area contributed by atoms with E-state index >= 15 is 0 Å². The van der Waals surface area contributed by atoms with Gasteiger partial charge in [-0.15, -0.1) is 0 Å². The number of rotatable bonds is 5. The zero-order valence-corrected chi connectivity index (χ0v) is 11.3. The second-order valence-electron chi connectivity index (χ2n) is 3.94. The van der Waals surface area contributed by atoms with Crippen molar-refractivity contribution in [3.63, 3.8) is 0 Å². The minimum atomic E-state index is -0.407. The van der Waals surface area contributed by atoms with Crippen molar-refractivity contribution in [1.29, 1.82) is 0 Å². The molecule has 0 saturated carbocycles. The SMILES string of the molecule is NC(CCO)c1nc(Cc2ccccc2Br)no1. The number of aliphatic hydroxyl groups is 1. The maximum atomic E-state index is 8.80. The summed E-state index contributed by atoms with van der Waals surface area (Å²) >= 11 is 3.47. The molecule has 0 aliphatic rings. The van der Waals surface area contributed by atoms with Crippen LogP contribution in [-0.2, 0) is 6.42 Å². The fourth-order valence-corrected chi connectivity index (χ4v) is 1.99. The van der Waals surface area contributed by atoms with Crippen LogP contribution in [0.1, 0.15) is 29.7 Å². The van der Waals surface area contributed by atoms with Gasteiger partial charge in [0.1, 0.15) is 0 Å². The molecule has 6 heteroatoms. The molecule has 1 heterocycles. The number of nitrogens with zero attached hydrogens (tertiary/aromatic N) is 2. The lowest BCUT2D eigenvalue weighted by molar-refractivity contribution is 0.259. The number of halogens is 1. The first-order valence-electron chi connectivity index (χ1n) is 5.63. The molecule has 3 N–H and O–H groups in total. The van der Waals surface area contributed by atoms with E-state index in [2.05, 4.69) is 26.1 Å². The van der Waals surface area contributed by atoms with E-state index in [-0.39, 0.29) is 6.61 Å². The first-order valence-corrected chi connectivity index (χ1v) is 6.42. The molecule has 18 heavy (non-hydrogen) atoms. The van der Waals surface area contributed by atoms with Crippen molar-refractivity contribution in [2.24, 2.45) is 5.73 Å². The number of hydrogen-bond acceptors (Lipinski definition) is 5. The van der Waals surface area contributed by atoms with Crippen LogP contribution >= 0.6 is 15.9 Å². The zero-order chi connectivity index (χ0) is 13.0. The maximum absolute atomic E-state index is 8.80. The first kappa shape index (κ1) is 13.2. The van der Waals surface area contributed by atoms with Crippen molar-refractivity contribution < 1.29 is 9.63 Å². The summed E-state index contributed by atoms with van der Waals surface area (Å²) in [7, 11) is 0. The van der Waals surface area contributed by atoms with Gasteiger partial charge in [-0.05, 0) is 18.1 Å². The van der Waals surface area contributed by atoms with E-state index in [1.54, 1.807) is 0 Å². The molecule has 96 valence electrons. The Labute approximate surface area is 113 Å². The molecule has 0 spiro atoms. The highest BCUT2D eigenvalue weighted by Crippen LogP contribution is 2.19. The van der Waals surface area contributed by atoms with Gasteiger partial charge in [-0.25, -0.2) is 0 Å². The first-order chi connectivity index (χ1) is 8.70. The van der Waals surface area contributed by atoms with Crippen molar-refractivity contribution in [2.45, 2.75) is 18.9 Å². The topological polar surface area (TPSA) is 85.2 Å². The molecule has 1 unspecified atom stereocenters. The number of nitrogens with two attached hydrogens (primary N) is 1. The number of aliphatic hydroxyl groups excluding tert-OH is 1. The highest BCUT2D eigenvalue weighted by atomic mass is 79.9. The van der Waals surface area contributed by atoms with E-state index < -0.39 is 6.04 Å². The van der Waals surface area contributed by atoms with Crippen LogP contribution in [-0.4, -0.2) is 21.9 Å². The number of aromatic nitrogens is 2. The molecule has 2 aromatic rings. The Kier molecular flexibility index (Phi) is 4.46. The quantitative estimate of drug-likeness (QED) is 0.879. The van der Waals surface area contributed by atoms with Crippen LogP contribution in [0.2, 0.25) is 0 Å². The highest BCUT2D eigenvalue weighted by Gasteiger charge is 2.14. The Morgan fingerprint density at radius 2 is 2.17 bits per heavy atom. The fraction of sp³-hybridized carbons (Fsp3) is 0.333. The summed E-state index contributed by atoms with van der Waals surface area (Å²) in [5.74, 6) is 0.955. The van der Waals surface area contributed by atoms with Gasteiger partial charge in [-0.1, -0.05) is 39.3 Å². The third-order valence-electron chi connectivity index (χ3n) is 2.55. The minimum Gasteiger partial charge on any atom is -0.396 e. The van der Waals surface area contributed by atoms with Crippen LogP contribution in [0.25, 0.3) is 0 Å². The molecule has 0 radical (unpaired) electrons. The standard InChI is InChI=1S/C12H14BrN3O2/c13-9-4-2-1-3-8(9)7-11-15-12(18-16-11)10(14)5-6-17/h1-4,10,17H,5-7,14H2. The van der Waals surface area contributed by atoms with E-state index in [1.165, 1.54) is 0 Å². The second-order valence-corrected chi connectivity index (χ2v) is 4.79. The lowest BCUT2D eigenvalue weighted by atomic mass is 10.1. The molecule has 0 saturated heterocycles. The summed E-state index contributed by atoms with van der Waals surface area (Å²) in [5.41, 5.74) is 6.86. The van der Waals surface area contributed by atoms with E-state index in [0.717, 1.165) is 10.0 Å². The third kappa shape index (κ3) is 3.16. The molecule has 5 nitrogen and oxygen atoms in total. The maximum Gasteiger partial charge on any atom is 0.243 e. The van der Waals surface area contributed by atoms with Gasteiger partial charge in [0, 0.05) is 17.5 Å². The molecule has 0 aliphatic carbocycles. The van der Waals surface area contributed by atoms with Gasteiger partial charge in [-0.2, -0.15) is 4.98 Å². The Hall–Kier alpha value is -1.24. The molecule has 0 bridgehead atoms. The molecule has 1 aromatic heterocycles. The van der Waals surface area contributed by atoms with Gasteiger partial charge < -0.3 is 15.4 Å². The van der Waals surface area contributed by atoms with Crippen LogP contribution in [0.15, 0.2) is 33.3 Å². The predicted molar refractivity (Wildman–Crippen MR) is 69.9 cm³/mol. The zero-order valence-electron chi connectivity index (χ0n) is 9.71. The predicted octanol–water partition coefficient (Wildman–Crippen LogP) is 1.81. The van der Waals surface area contributed by atoms with Gasteiger partial charge in [0.05, 0.1) is 6.04 Å². The summed E-state index contributed by atoms with van der Waals surface area (Å²) < 4.78 is 6.09. The van der Waals surface area contributed by atoms with Crippen LogP contribution in [0.4, 0.5) is 0 Å². The molecular formula is C12H14BrN3O2. The van der Waals surface area contributed by atoms with Gasteiger partial charge in [0.25, 0.3) is 0 Å². The molecular weight excluding hydrogens is 298 g/mol. The van der Waals surface area contributed by atoms with Crippen molar-refractivity contribution >= 4 is 15.9 Å². The smallest absolute Gasteiger partial charge is 0.243 e. The largest absolute Gasteiger partial charge is 0.396 e. The summed E-state index contributed by atoms with van der Waals surface area (Å²) in [6.07, 6.45) is 0.993. The average Bonchev–Trinajstić information content (AvgIpc) is 2.81. The van der Waals surface area contributed by atoms with Gasteiger partial charge >= 0.3 is 0 Å². The molecule has 1 aromatic carbocycles. The highest BCUT2D eigenvalue weighted by molar-refractivity contribution is 9.10. The second kappa shape index (κ2) is 6.08. The monoisotopic (exact) mass is 311 g/mol. The van der Waals surface area contributed by atoms with Crippen LogP contribution in [0.3, 0.4) is 0 Å². The Morgan fingerprint density at radius 1 is 1.39 bits per heavy atom. The summed E-state index contributed by atoms with van der Waals surface area (Å²) in [6.45, 7) is 0.00309. The Balaban J connectivity index is 2.09. The van der Waals surface area contributed by atoms with Gasteiger partial charge in [-0.3, -0.25) is 0 Å². The van der Waals surface area contributed by atoms with E-state index in [4.69, 9.17) is 15.4 Å². The number of hydrogen-bond donors (Lipinski definition) is 2. The molecule has 0 amide bonds. The van der Waals surface area contributed by atoms with Crippen molar-refractivity contribution in [1.82, 2.24) is 10.1 Å². The van der Waals surface area contributed by atoms with E-state index in [1.807, 2.05) is 24.3 Å². The minimum absolute atomic E-state index is 0.00309. The molecule has 2 rings (SSSR count). The lowest BCUT2D eigenvalue weighted by Gasteiger charge is -2.02.